The summed E-state index contributed by atoms with van der Waals surface area (Å²) >= 11 is 0. The van der Waals surface area contributed by atoms with Gasteiger partial charge in [-0.2, -0.15) is 0 Å². The van der Waals surface area contributed by atoms with Crippen LogP contribution in [0.4, 0.5) is 11.9 Å². The Balaban J connectivity index is 0.000000216. The van der Waals surface area contributed by atoms with E-state index in [1.165, 1.54) is 76.6 Å². The largest absolute Gasteiger partial charge is 0.494 e. The smallest absolute Gasteiger partial charge is 0.243 e. The number of nitrogens with one attached hydrogen (secondary N) is 2. The molecule has 74 heavy (non-hydrogen) atoms. The molecule has 0 spiro atoms. The number of para-hydroxylation sites is 2. The van der Waals surface area contributed by atoms with Crippen molar-refractivity contribution in [2.24, 2.45) is 0 Å². The highest BCUT2D eigenvalue weighted by Crippen LogP contribution is 2.40. The number of pyridine rings is 2. The molecule has 8 rings (SSSR count). The fourth-order valence-electron chi connectivity index (χ4n) is 7.38. The second kappa shape index (κ2) is 23.4. The maximum Gasteiger partial charge on any atom is 0.243 e. The van der Waals surface area contributed by atoms with Gasteiger partial charge in [0.25, 0.3) is 0 Å². The van der Waals surface area contributed by atoms with E-state index in [4.69, 9.17) is 28.4 Å². The first-order chi connectivity index (χ1) is 35.6. The molecule has 8 aromatic rings. The summed E-state index contributed by atoms with van der Waals surface area (Å²) in [6, 6.07) is 17.5. The lowest BCUT2D eigenvalue weighted by Gasteiger charge is -2.21. The van der Waals surface area contributed by atoms with Gasteiger partial charge in [0.05, 0.1) is 89.3 Å². The normalized spacial score (nSPS) is 13.0. The molecular formula is C48H54N14O10S2. The molecule has 0 aliphatic carbocycles. The van der Waals surface area contributed by atoms with Gasteiger partial charge in [0.2, 0.25) is 43.7 Å². The Bertz CT molecular complexity index is 3100. The van der Waals surface area contributed by atoms with Gasteiger partial charge in [0, 0.05) is 47.8 Å². The van der Waals surface area contributed by atoms with Crippen LogP contribution in [0, 0.1) is 0 Å². The van der Waals surface area contributed by atoms with Gasteiger partial charge < -0.3 is 28.4 Å². The quantitative estimate of drug-likeness (QED) is 0.0864. The van der Waals surface area contributed by atoms with Crippen LogP contribution in [0.1, 0.15) is 50.9 Å². The van der Waals surface area contributed by atoms with Gasteiger partial charge in [-0.1, -0.05) is 26.0 Å². The van der Waals surface area contributed by atoms with Gasteiger partial charge >= 0.3 is 0 Å². The maximum absolute atomic E-state index is 13.5. The van der Waals surface area contributed by atoms with Crippen LogP contribution in [-0.2, 0) is 20.0 Å². The molecular weight excluding hydrogens is 997 g/mol. The predicted octanol–water partition coefficient (Wildman–Crippen LogP) is 6.16. The first-order valence-corrected chi connectivity index (χ1v) is 25.6. The van der Waals surface area contributed by atoms with Crippen molar-refractivity contribution in [1.82, 2.24) is 59.4 Å². The minimum Gasteiger partial charge on any atom is -0.494 e. The number of benzene rings is 2. The highest BCUT2D eigenvalue weighted by molar-refractivity contribution is 7.93. The molecule has 0 bridgehead atoms. The standard InChI is InChI=1S/2C24H27N7O5S/c2*1-15(18-13-27-21(36-5)14-26-18)16(2)37(32,33)30-24-29-28-23(17-8-7-11-25-12-17)31(24)22-19(34-3)9-6-10-20(22)35-4/h2*6-16H,1-5H3,(H,29,30)/t2*15-,16-/m10/s1. The number of methoxy groups -OCH3 is 6. The number of sulfonamides is 2. The van der Waals surface area contributed by atoms with Gasteiger partial charge in [-0.15, -0.1) is 20.4 Å². The Hall–Kier alpha value is -8.52. The van der Waals surface area contributed by atoms with Crippen LogP contribution in [-0.4, -0.2) is 129 Å². The number of rotatable bonds is 20. The SMILES string of the molecule is COc1cnc([C@@H](C)[C@H](C)S(=O)(=O)Nc2nnc(-c3cccnc3)n2-c2c(OC)cccc2OC)cn1.COc1cnc([C@H](C)[C@@H](C)S(=O)(=O)Nc2nnc(-c3cccnc3)n2-c2c(OC)cccc2OC)cn1. The summed E-state index contributed by atoms with van der Waals surface area (Å²) in [6.07, 6.45) is 12.4. The lowest BCUT2D eigenvalue weighted by molar-refractivity contribution is 0.391. The van der Waals surface area contributed by atoms with E-state index in [1.807, 2.05) is 0 Å². The molecule has 0 saturated heterocycles. The molecule has 0 radical (unpaired) electrons. The molecule has 388 valence electrons. The van der Waals surface area contributed by atoms with Crippen molar-refractivity contribution < 1.29 is 45.3 Å². The van der Waals surface area contributed by atoms with E-state index in [1.54, 1.807) is 113 Å². The molecule has 0 aliphatic rings. The second-order valence-corrected chi connectivity index (χ2v) is 20.2. The molecule has 4 atom stereocenters. The number of hydrogen-bond acceptors (Lipinski definition) is 20. The lowest BCUT2D eigenvalue weighted by atomic mass is 10.1. The Morgan fingerprint density at radius 3 is 1.09 bits per heavy atom. The van der Waals surface area contributed by atoms with E-state index >= 15 is 0 Å². The molecule has 0 unspecified atom stereocenters. The zero-order valence-corrected chi connectivity index (χ0v) is 43.6. The highest BCUT2D eigenvalue weighted by atomic mass is 32.2. The van der Waals surface area contributed by atoms with Crippen LogP contribution < -0.4 is 37.9 Å². The first kappa shape index (κ1) is 53.3. The van der Waals surface area contributed by atoms with Gasteiger partial charge in [-0.25, -0.2) is 26.8 Å². The highest BCUT2D eigenvalue weighted by Gasteiger charge is 2.34. The Morgan fingerprint density at radius 1 is 0.446 bits per heavy atom. The molecule has 0 fully saturated rings. The van der Waals surface area contributed by atoms with E-state index < -0.39 is 42.4 Å². The molecule has 26 heteroatoms. The average molecular weight is 1050 g/mol. The van der Waals surface area contributed by atoms with Gasteiger partial charge in [-0.3, -0.25) is 38.5 Å². The van der Waals surface area contributed by atoms with Crippen molar-refractivity contribution >= 4 is 31.9 Å². The average Bonchev–Trinajstić information content (AvgIpc) is 4.05. The topological polar surface area (TPSA) is 286 Å². The van der Waals surface area contributed by atoms with Crippen LogP contribution in [0.2, 0.25) is 0 Å². The Morgan fingerprint density at radius 2 is 0.811 bits per heavy atom. The van der Waals surface area contributed by atoms with E-state index in [0.29, 0.717) is 80.3 Å². The van der Waals surface area contributed by atoms with Crippen molar-refractivity contribution in [1.29, 1.82) is 0 Å². The molecule has 0 aliphatic heterocycles. The third-order valence-corrected chi connectivity index (χ3v) is 15.6. The molecule has 6 heterocycles. The predicted molar refractivity (Wildman–Crippen MR) is 273 cm³/mol. The van der Waals surface area contributed by atoms with E-state index in [0.717, 1.165) is 0 Å². The third kappa shape index (κ3) is 11.4. The van der Waals surface area contributed by atoms with E-state index in [-0.39, 0.29) is 11.9 Å². The summed E-state index contributed by atoms with van der Waals surface area (Å²) in [5, 5.41) is 15.1. The van der Waals surface area contributed by atoms with Crippen LogP contribution >= 0.6 is 0 Å². The summed E-state index contributed by atoms with van der Waals surface area (Å²) in [4.78, 5) is 25.2. The summed E-state index contributed by atoms with van der Waals surface area (Å²) < 4.78 is 94.8. The molecule has 2 aromatic carbocycles. The summed E-state index contributed by atoms with van der Waals surface area (Å²) in [6.45, 7) is 6.70. The minimum absolute atomic E-state index is 0.0403. The molecule has 24 nitrogen and oxygen atoms in total. The fourth-order valence-corrected chi connectivity index (χ4v) is 9.88. The van der Waals surface area contributed by atoms with Crippen molar-refractivity contribution in [3.8, 4) is 68.9 Å². The fraction of sp³-hybridized carbons (Fsp3) is 0.292. The Kier molecular flexibility index (Phi) is 16.8. The first-order valence-electron chi connectivity index (χ1n) is 22.5. The zero-order valence-electron chi connectivity index (χ0n) is 42.0. The number of nitrogens with zero attached hydrogens (tertiary/aromatic N) is 12. The zero-order chi connectivity index (χ0) is 53.2. The van der Waals surface area contributed by atoms with Gasteiger partial charge in [-0.05, 0) is 62.4 Å². The van der Waals surface area contributed by atoms with Gasteiger partial charge in [0.15, 0.2) is 11.6 Å². The number of hydrogen-bond donors (Lipinski definition) is 2. The van der Waals surface area contributed by atoms with Crippen LogP contribution in [0.3, 0.4) is 0 Å². The molecule has 0 amide bonds. The van der Waals surface area contributed by atoms with E-state index in [9.17, 15) is 16.8 Å². The number of aromatic nitrogens is 12. The maximum atomic E-state index is 13.5. The molecule has 6 aromatic heterocycles. The molecule has 2 N–H and O–H groups in total. The number of ether oxygens (including phenoxy) is 6. The summed E-state index contributed by atoms with van der Waals surface area (Å²) in [5.41, 5.74) is 3.09. The van der Waals surface area contributed by atoms with Crippen LogP contribution in [0.25, 0.3) is 34.2 Å². The van der Waals surface area contributed by atoms with Crippen molar-refractivity contribution in [2.45, 2.75) is 50.0 Å². The minimum atomic E-state index is -3.98. The Labute approximate surface area is 427 Å². The van der Waals surface area contributed by atoms with E-state index in [2.05, 4.69) is 59.7 Å². The second-order valence-electron chi connectivity index (χ2n) is 16.1. The summed E-state index contributed by atoms with van der Waals surface area (Å²) in [5.74, 6) is 2.02. The summed E-state index contributed by atoms with van der Waals surface area (Å²) in [7, 11) is 1.04. The van der Waals surface area contributed by atoms with Crippen molar-refractivity contribution in [3.05, 3.63) is 122 Å². The molecule has 0 saturated carbocycles. The van der Waals surface area contributed by atoms with Crippen molar-refractivity contribution in [2.75, 3.05) is 52.1 Å². The van der Waals surface area contributed by atoms with Gasteiger partial charge in [0.1, 0.15) is 34.4 Å². The number of anilines is 2. The van der Waals surface area contributed by atoms with Crippen LogP contribution in [0.5, 0.6) is 34.8 Å². The van der Waals surface area contributed by atoms with Crippen molar-refractivity contribution in [3.63, 3.8) is 0 Å². The third-order valence-electron chi connectivity index (χ3n) is 11.9. The van der Waals surface area contributed by atoms with Crippen LogP contribution in [0.15, 0.2) is 110 Å². The lowest BCUT2D eigenvalue weighted by Crippen LogP contribution is -2.31. The monoisotopic (exact) mass is 1050 g/mol.